The number of nitrogens with one attached hydrogen (secondary N) is 2. The molecule has 0 spiro atoms. The molecule has 0 aliphatic carbocycles. The van der Waals surface area contributed by atoms with Crippen molar-refractivity contribution < 1.29 is 17.9 Å². The Kier molecular flexibility index (Phi) is 6.87. The van der Waals surface area contributed by atoms with Gasteiger partial charge in [-0.3, -0.25) is 4.79 Å². The highest BCUT2D eigenvalue weighted by atomic mass is 32.2. The molecule has 0 fully saturated rings. The third kappa shape index (κ3) is 5.46. The number of ether oxygens (including phenoxy) is 1. The Labute approximate surface area is 177 Å². The molecule has 0 aromatic heterocycles. The monoisotopic (exact) mass is 424 g/mol. The first-order valence-corrected chi connectivity index (χ1v) is 11.0. The van der Waals surface area contributed by atoms with Crippen LogP contribution in [0, 0.1) is 0 Å². The van der Waals surface area contributed by atoms with Gasteiger partial charge in [0.15, 0.2) is 0 Å². The quantitative estimate of drug-likeness (QED) is 0.573. The minimum absolute atomic E-state index is 0.112. The summed E-state index contributed by atoms with van der Waals surface area (Å²) in [6.45, 7) is 2.13. The normalized spacial score (nSPS) is 11.1. The molecular formula is C23H24N2O4S. The third-order valence-corrected chi connectivity index (χ3v) is 6.04. The summed E-state index contributed by atoms with van der Waals surface area (Å²) in [4.78, 5) is 12.7. The van der Waals surface area contributed by atoms with Crippen LogP contribution in [0.2, 0.25) is 0 Å². The Hall–Kier alpha value is -3.16. The minimum atomic E-state index is -3.62. The predicted molar refractivity (Wildman–Crippen MR) is 117 cm³/mol. The first kappa shape index (κ1) is 21.5. The predicted octanol–water partition coefficient (Wildman–Crippen LogP) is 3.99. The Bertz CT molecular complexity index is 1130. The molecule has 0 saturated carbocycles. The number of carbonyl (C=O) groups excluding carboxylic acids is 1. The van der Waals surface area contributed by atoms with E-state index in [0.29, 0.717) is 17.0 Å². The van der Waals surface area contributed by atoms with Gasteiger partial charge in [-0.2, -0.15) is 0 Å². The summed E-state index contributed by atoms with van der Waals surface area (Å²) >= 11 is 0. The van der Waals surface area contributed by atoms with Gasteiger partial charge in [-0.25, -0.2) is 13.1 Å². The van der Waals surface area contributed by atoms with Gasteiger partial charge in [0.2, 0.25) is 10.0 Å². The summed E-state index contributed by atoms with van der Waals surface area (Å²) in [5.74, 6) is 0.320. The zero-order valence-corrected chi connectivity index (χ0v) is 17.7. The van der Waals surface area contributed by atoms with E-state index in [2.05, 4.69) is 10.0 Å². The summed E-state index contributed by atoms with van der Waals surface area (Å²) in [6, 6.07) is 20.7. The Morgan fingerprint density at radius 3 is 2.37 bits per heavy atom. The zero-order valence-electron chi connectivity index (χ0n) is 16.9. The van der Waals surface area contributed by atoms with Gasteiger partial charge in [0, 0.05) is 17.8 Å². The lowest BCUT2D eigenvalue weighted by Gasteiger charge is -2.10. The smallest absolute Gasteiger partial charge is 0.255 e. The van der Waals surface area contributed by atoms with Crippen LogP contribution < -0.4 is 14.8 Å². The number of sulfonamides is 1. The molecule has 1 amide bonds. The van der Waals surface area contributed by atoms with Gasteiger partial charge in [-0.05, 0) is 60.0 Å². The number of amides is 1. The lowest BCUT2D eigenvalue weighted by atomic mass is 10.1. The number of rotatable bonds is 8. The van der Waals surface area contributed by atoms with E-state index >= 15 is 0 Å². The van der Waals surface area contributed by atoms with E-state index < -0.39 is 10.0 Å². The van der Waals surface area contributed by atoms with Gasteiger partial charge in [0.05, 0.1) is 12.0 Å². The summed E-state index contributed by atoms with van der Waals surface area (Å²) in [7, 11) is -2.08. The first-order chi connectivity index (χ1) is 14.4. The van der Waals surface area contributed by atoms with E-state index in [9.17, 15) is 13.2 Å². The highest BCUT2D eigenvalue weighted by Crippen LogP contribution is 2.17. The molecule has 0 bridgehead atoms. The van der Waals surface area contributed by atoms with E-state index in [0.717, 1.165) is 17.5 Å². The fourth-order valence-corrected chi connectivity index (χ4v) is 3.91. The molecule has 0 atom stereocenters. The molecule has 0 saturated heterocycles. The number of hydrogen-bond acceptors (Lipinski definition) is 4. The van der Waals surface area contributed by atoms with Crippen LogP contribution in [0.4, 0.5) is 5.69 Å². The van der Waals surface area contributed by atoms with E-state index in [-0.39, 0.29) is 17.3 Å². The lowest BCUT2D eigenvalue weighted by Crippen LogP contribution is -2.23. The topological polar surface area (TPSA) is 84.5 Å². The second-order valence-electron chi connectivity index (χ2n) is 6.71. The summed E-state index contributed by atoms with van der Waals surface area (Å²) < 4.78 is 32.8. The second-order valence-corrected chi connectivity index (χ2v) is 8.48. The van der Waals surface area contributed by atoms with Crippen LogP contribution in [-0.4, -0.2) is 21.4 Å². The molecule has 3 aromatic rings. The molecule has 6 nitrogen and oxygen atoms in total. The van der Waals surface area contributed by atoms with Crippen molar-refractivity contribution in [3.8, 4) is 5.75 Å². The van der Waals surface area contributed by atoms with Gasteiger partial charge in [-0.1, -0.05) is 37.3 Å². The number of hydrogen-bond donors (Lipinski definition) is 2. The molecule has 0 unspecified atom stereocenters. The Balaban J connectivity index is 1.66. The van der Waals surface area contributed by atoms with Crippen LogP contribution >= 0.6 is 0 Å². The van der Waals surface area contributed by atoms with Gasteiger partial charge in [0.1, 0.15) is 5.75 Å². The van der Waals surface area contributed by atoms with Crippen molar-refractivity contribution in [2.45, 2.75) is 24.8 Å². The third-order valence-electron chi connectivity index (χ3n) is 4.62. The maximum absolute atomic E-state index is 12.5. The Morgan fingerprint density at radius 1 is 0.933 bits per heavy atom. The number of aryl methyl sites for hydroxylation is 1. The van der Waals surface area contributed by atoms with Gasteiger partial charge < -0.3 is 10.1 Å². The SMILES string of the molecule is CCc1ccc(S(=O)(=O)NCc2cccc(NC(=O)c3cccc(OC)c3)c2)cc1. The van der Waals surface area contributed by atoms with Crippen molar-refractivity contribution in [2.24, 2.45) is 0 Å². The van der Waals surface area contributed by atoms with E-state index in [1.807, 2.05) is 19.1 Å². The second kappa shape index (κ2) is 9.56. The van der Waals surface area contributed by atoms with Crippen LogP contribution in [0.15, 0.2) is 77.7 Å². The van der Waals surface area contributed by atoms with Crippen molar-refractivity contribution in [2.75, 3.05) is 12.4 Å². The fraction of sp³-hybridized carbons (Fsp3) is 0.174. The van der Waals surface area contributed by atoms with Crippen molar-refractivity contribution in [3.05, 3.63) is 89.5 Å². The molecule has 0 radical (unpaired) electrons. The molecule has 3 aromatic carbocycles. The van der Waals surface area contributed by atoms with Crippen LogP contribution in [0.5, 0.6) is 5.75 Å². The highest BCUT2D eigenvalue weighted by molar-refractivity contribution is 7.89. The maximum atomic E-state index is 12.5. The molecule has 156 valence electrons. The van der Waals surface area contributed by atoms with Crippen molar-refractivity contribution >= 4 is 21.6 Å². The maximum Gasteiger partial charge on any atom is 0.255 e. The van der Waals surface area contributed by atoms with Gasteiger partial charge in [-0.15, -0.1) is 0 Å². The van der Waals surface area contributed by atoms with Crippen LogP contribution in [0.25, 0.3) is 0 Å². The molecular weight excluding hydrogens is 400 g/mol. The Morgan fingerprint density at radius 2 is 1.67 bits per heavy atom. The standard InChI is InChI=1S/C23H24N2O4S/c1-3-17-10-12-22(13-11-17)30(27,28)24-16-18-6-4-8-20(14-18)25-23(26)19-7-5-9-21(15-19)29-2/h4-15,24H,3,16H2,1-2H3,(H,25,26). The largest absolute Gasteiger partial charge is 0.497 e. The summed E-state index contributed by atoms with van der Waals surface area (Å²) in [5.41, 5.74) is 2.85. The van der Waals surface area contributed by atoms with Gasteiger partial charge >= 0.3 is 0 Å². The van der Waals surface area contributed by atoms with Crippen molar-refractivity contribution in [1.29, 1.82) is 0 Å². The minimum Gasteiger partial charge on any atom is -0.497 e. The molecule has 0 aliphatic heterocycles. The highest BCUT2D eigenvalue weighted by Gasteiger charge is 2.14. The van der Waals surface area contributed by atoms with Crippen LogP contribution in [-0.2, 0) is 23.0 Å². The zero-order chi connectivity index (χ0) is 21.6. The first-order valence-electron chi connectivity index (χ1n) is 9.54. The van der Waals surface area contributed by atoms with Crippen molar-refractivity contribution in [1.82, 2.24) is 4.72 Å². The summed E-state index contributed by atoms with van der Waals surface area (Å²) in [6.07, 6.45) is 0.849. The molecule has 2 N–H and O–H groups in total. The molecule has 3 rings (SSSR count). The van der Waals surface area contributed by atoms with E-state index in [4.69, 9.17) is 4.74 Å². The number of methoxy groups -OCH3 is 1. The van der Waals surface area contributed by atoms with Crippen molar-refractivity contribution in [3.63, 3.8) is 0 Å². The molecule has 30 heavy (non-hydrogen) atoms. The number of anilines is 1. The fourth-order valence-electron chi connectivity index (χ4n) is 2.89. The van der Waals surface area contributed by atoms with E-state index in [1.54, 1.807) is 67.8 Å². The molecule has 0 aliphatic rings. The average molecular weight is 425 g/mol. The average Bonchev–Trinajstić information content (AvgIpc) is 2.78. The lowest BCUT2D eigenvalue weighted by molar-refractivity contribution is 0.102. The van der Waals surface area contributed by atoms with Crippen LogP contribution in [0.1, 0.15) is 28.4 Å². The molecule has 7 heteroatoms. The van der Waals surface area contributed by atoms with E-state index in [1.165, 1.54) is 0 Å². The summed E-state index contributed by atoms with van der Waals surface area (Å²) in [5, 5.41) is 2.82. The number of benzene rings is 3. The van der Waals surface area contributed by atoms with Crippen LogP contribution in [0.3, 0.4) is 0 Å². The van der Waals surface area contributed by atoms with Gasteiger partial charge in [0.25, 0.3) is 5.91 Å². The number of carbonyl (C=O) groups is 1. The molecule has 0 heterocycles.